The second-order valence-corrected chi connectivity index (χ2v) is 5.25. The smallest absolute Gasteiger partial charge is 0.244 e. The minimum atomic E-state index is -0.0886. The molecular formula is C18H20N2O. The Bertz CT molecular complexity index is 591. The van der Waals surface area contributed by atoms with Crippen molar-refractivity contribution < 1.29 is 4.79 Å². The quantitative estimate of drug-likeness (QED) is 0.850. The van der Waals surface area contributed by atoms with Crippen LogP contribution in [0.4, 0.5) is 0 Å². The lowest BCUT2D eigenvalue weighted by Gasteiger charge is -2.22. The summed E-state index contributed by atoms with van der Waals surface area (Å²) in [7, 11) is 0. The van der Waals surface area contributed by atoms with Crippen LogP contribution in [0.25, 0.3) is 6.08 Å². The van der Waals surface area contributed by atoms with E-state index in [0.29, 0.717) is 5.92 Å². The minimum Gasteiger partial charge on any atom is -0.345 e. The van der Waals surface area contributed by atoms with Crippen LogP contribution in [0.3, 0.4) is 0 Å². The molecule has 0 aliphatic rings. The molecule has 21 heavy (non-hydrogen) atoms. The average Bonchev–Trinajstić information content (AvgIpc) is 2.52. The standard InChI is InChI=1S/C18H20N2O/c1-14(2)18(16-6-4-3-5-7-16)20-17(21)9-8-15-10-12-19-13-11-15/h3-14,18H,1-2H3,(H,20,21)/b9-8+. The van der Waals surface area contributed by atoms with E-state index in [0.717, 1.165) is 11.1 Å². The molecule has 1 aromatic carbocycles. The minimum absolute atomic E-state index is 0.0146. The molecule has 2 rings (SSSR count). The molecule has 108 valence electrons. The molecule has 1 heterocycles. The van der Waals surface area contributed by atoms with Gasteiger partial charge in [0.05, 0.1) is 6.04 Å². The number of hydrogen-bond acceptors (Lipinski definition) is 2. The lowest BCUT2D eigenvalue weighted by atomic mass is 9.96. The van der Waals surface area contributed by atoms with Crippen molar-refractivity contribution in [3.63, 3.8) is 0 Å². The van der Waals surface area contributed by atoms with Crippen molar-refractivity contribution in [2.24, 2.45) is 5.92 Å². The summed E-state index contributed by atoms with van der Waals surface area (Å²) >= 11 is 0. The highest BCUT2D eigenvalue weighted by Crippen LogP contribution is 2.21. The molecule has 1 amide bonds. The van der Waals surface area contributed by atoms with Crippen LogP contribution in [0.2, 0.25) is 0 Å². The lowest BCUT2D eigenvalue weighted by molar-refractivity contribution is -0.117. The highest BCUT2D eigenvalue weighted by atomic mass is 16.1. The van der Waals surface area contributed by atoms with Crippen molar-refractivity contribution in [1.29, 1.82) is 0 Å². The summed E-state index contributed by atoms with van der Waals surface area (Å²) in [4.78, 5) is 16.0. The van der Waals surface area contributed by atoms with Gasteiger partial charge in [0.2, 0.25) is 5.91 Å². The maximum absolute atomic E-state index is 12.1. The molecule has 0 aliphatic carbocycles. The Labute approximate surface area is 125 Å². The van der Waals surface area contributed by atoms with E-state index < -0.39 is 0 Å². The van der Waals surface area contributed by atoms with Crippen molar-refractivity contribution in [2.75, 3.05) is 0 Å². The number of rotatable bonds is 5. The largest absolute Gasteiger partial charge is 0.345 e. The molecule has 0 bridgehead atoms. The number of amides is 1. The molecule has 3 nitrogen and oxygen atoms in total. The van der Waals surface area contributed by atoms with Crippen molar-refractivity contribution in [1.82, 2.24) is 10.3 Å². The van der Waals surface area contributed by atoms with E-state index in [-0.39, 0.29) is 11.9 Å². The maximum Gasteiger partial charge on any atom is 0.244 e. The van der Waals surface area contributed by atoms with Crippen molar-refractivity contribution in [3.8, 4) is 0 Å². The molecule has 1 unspecified atom stereocenters. The van der Waals surface area contributed by atoms with Crippen molar-refractivity contribution in [3.05, 3.63) is 72.1 Å². The van der Waals surface area contributed by atoms with Crippen LogP contribution >= 0.6 is 0 Å². The van der Waals surface area contributed by atoms with Crippen LogP contribution in [-0.4, -0.2) is 10.9 Å². The number of aromatic nitrogens is 1. The first kappa shape index (κ1) is 15.0. The van der Waals surface area contributed by atoms with Gasteiger partial charge in [0, 0.05) is 18.5 Å². The molecule has 2 aromatic rings. The highest BCUT2D eigenvalue weighted by molar-refractivity contribution is 5.91. The van der Waals surface area contributed by atoms with Crippen LogP contribution in [0.15, 0.2) is 60.9 Å². The topological polar surface area (TPSA) is 42.0 Å². The molecule has 1 aromatic heterocycles. The van der Waals surface area contributed by atoms with Gasteiger partial charge in [-0.05, 0) is 35.3 Å². The molecule has 0 saturated carbocycles. The Balaban J connectivity index is 2.04. The number of nitrogens with one attached hydrogen (secondary N) is 1. The van der Waals surface area contributed by atoms with Crippen molar-refractivity contribution in [2.45, 2.75) is 19.9 Å². The zero-order valence-corrected chi connectivity index (χ0v) is 12.4. The van der Waals surface area contributed by atoms with Crippen LogP contribution in [0, 0.1) is 5.92 Å². The Morgan fingerprint density at radius 3 is 2.38 bits per heavy atom. The van der Waals surface area contributed by atoms with Gasteiger partial charge in [-0.15, -0.1) is 0 Å². The van der Waals surface area contributed by atoms with E-state index in [4.69, 9.17) is 0 Å². The molecule has 0 aliphatic heterocycles. The predicted octanol–water partition coefficient (Wildman–Crippen LogP) is 3.61. The number of pyridine rings is 1. The van der Waals surface area contributed by atoms with Gasteiger partial charge >= 0.3 is 0 Å². The predicted molar refractivity (Wildman–Crippen MR) is 85.4 cm³/mol. The normalized spacial score (nSPS) is 12.5. The summed E-state index contributed by atoms with van der Waals surface area (Å²) in [6.07, 6.45) is 6.77. The number of carbonyl (C=O) groups is 1. The molecule has 0 fully saturated rings. The van der Waals surface area contributed by atoms with E-state index in [1.165, 1.54) is 0 Å². The van der Waals surface area contributed by atoms with Gasteiger partial charge < -0.3 is 5.32 Å². The molecule has 0 radical (unpaired) electrons. The van der Waals surface area contributed by atoms with Crippen LogP contribution < -0.4 is 5.32 Å². The molecular weight excluding hydrogens is 260 g/mol. The van der Waals surface area contributed by atoms with Crippen LogP contribution in [0.5, 0.6) is 0 Å². The molecule has 0 saturated heterocycles. The fourth-order valence-electron chi connectivity index (χ4n) is 2.14. The monoisotopic (exact) mass is 280 g/mol. The Hall–Kier alpha value is -2.42. The first-order chi connectivity index (χ1) is 10.2. The molecule has 3 heteroatoms. The maximum atomic E-state index is 12.1. The first-order valence-electron chi connectivity index (χ1n) is 7.10. The zero-order valence-electron chi connectivity index (χ0n) is 12.4. The van der Waals surface area contributed by atoms with E-state index in [2.05, 4.69) is 24.1 Å². The number of nitrogens with zero attached hydrogens (tertiary/aromatic N) is 1. The Morgan fingerprint density at radius 2 is 1.76 bits per heavy atom. The number of hydrogen-bond donors (Lipinski definition) is 1. The lowest BCUT2D eigenvalue weighted by Crippen LogP contribution is -2.30. The van der Waals surface area contributed by atoms with Gasteiger partial charge in [0.25, 0.3) is 0 Å². The number of benzene rings is 1. The second kappa shape index (κ2) is 7.39. The zero-order chi connectivity index (χ0) is 15.1. The first-order valence-corrected chi connectivity index (χ1v) is 7.10. The Morgan fingerprint density at radius 1 is 1.10 bits per heavy atom. The number of carbonyl (C=O) groups excluding carboxylic acids is 1. The average molecular weight is 280 g/mol. The molecule has 0 spiro atoms. The summed E-state index contributed by atoms with van der Waals surface area (Å²) in [6.45, 7) is 4.20. The SMILES string of the molecule is CC(C)C(NC(=O)/C=C/c1ccncc1)c1ccccc1. The summed E-state index contributed by atoms with van der Waals surface area (Å²) in [6, 6.07) is 13.8. The molecule has 1 atom stereocenters. The van der Waals surface area contributed by atoms with E-state index in [9.17, 15) is 4.79 Å². The van der Waals surface area contributed by atoms with Crippen molar-refractivity contribution >= 4 is 12.0 Å². The van der Waals surface area contributed by atoms with Crippen LogP contribution in [0.1, 0.15) is 31.0 Å². The third-order valence-corrected chi connectivity index (χ3v) is 3.26. The third kappa shape index (κ3) is 4.56. The fraction of sp³-hybridized carbons (Fsp3) is 0.222. The fourth-order valence-corrected chi connectivity index (χ4v) is 2.14. The van der Waals surface area contributed by atoms with Gasteiger partial charge in [-0.25, -0.2) is 0 Å². The van der Waals surface area contributed by atoms with E-state index in [1.54, 1.807) is 24.5 Å². The van der Waals surface area contributed by atoms with Gasteiger partial charge in [-0.1, -0.05) is 44.2 Å². The summed E-state index contributed by atoms with van der Waals surface area (Å²) in [5, 5.41) is 3.06. The second-order valence-electron chi connectivity index (χ2n) is 5.25. The Kier molecular flexibility index (Phi) is 5.27. The molecule has 1 N–H and O–H groups in total. The van der Waals surface area contributed by atoms with Gasteiger partial charge in [0.15, 0.2) is 0 Å². The van der Waals surface area contributed by atoms with E-state index in [1.807, 2.05) is 42.5 Å². The van der Waals surface area contributed by atoms with Gasteiger partial charge in [0.1, 0.15) is 0 Å². The highest BCUT2D eigenvalue weighted by Gasteiger charge is 2.16. The van der Waals surface area contributed by atoms with Gasteiger partial charge in [-0.2, -0.15) is 0 Å². The third-order valence-electron chi connectivity index (χ3n) is 3.26. The van der Waals surface area contributed by atoms with Crippen LogP contribution in [-0.2, 0) is 4.79 Å². The van der Waals surface area contributed by atoms with E-state index >= 15 is 0 Å². The summed E-state index contributed by atoms with van der Waals surface area (Å²) in [5.74, 6) is 0.236. The summed E-state index contributed by atoms with van der Waals surface area (Å²) in [5.41, 5.74) is 2.08. The summed E-state index contributed by atoms with van der Waals surface area (Å²) < 4.78 is 0. The van der Waals surface area contributed by atoms with Gasteiger partial charge in [-0.3, -0.25) is 9.78 Å².